The van der Waals surface area contributed by atoms with E-state index in [0.717, 1.165) is 30.5 Å². The molecule has 1 aromatic rings. The van der Waals surface area contributed by atoms with Gasteiger partial charge in [0.05, 0.1) is 41.4 Å². The molecule has 2 fully saturated rings. The first-order valence-corrected chi connectivity index (χ1v) is 13.7. The number of carbonyl (C=O) groups excluding carboxylic acids is 2. The van der Waals surface area contributed by atoms with Crippen LogP contribution >= 0.6 is 0 Å². The van der Waals surface area contributed by atoms with E-state index < -0.39 is 35.6 Å². The number of rotatable bonds is 4. The Bertz CT molecular complexity index is 1040. The molecule has 3 heterocycles. The number of carbonyl (C=O) groups is 2. The van der Waals surface area contributed by atoms with Crippen LogP contribution in [0.25, 0.3) is 6.08 Å². The van der Waals surface area contributed by atoms with E-state index in [9.17, 15) is 19.8 Å². The molecule has 38 heavy (non-hydrogen) atoms. The van der Waals surface area contributed by atoms with Crippen LogP contribution in [-0.2, 0) is 19.1 Å². The number of fused-ring (bicyclic) bond motifs is 1. The van der Waals surface area contributed by atoms with Gasteiger partial charge in [0.1, 0.15) is 11.9 Å². The number of aromatic nitrogens is 1. The molecule has 0 amide bonds. The molecule has 2 saturated heterocycles. The highest BCUT2D eigenvalue weighted by atomic mass is 16.6. The van der Waals surface area contributed by atoms with E-state index >= 15 is 0 Å². The van der Waals surface area contributed by atoms with Crippen LogP contribution in [-0.4, -0.2) is 57.0 Å². The average Bonchev–Trinajstić information content (AvgIpc) is 3.51. The van der Waals surface area contributed by atoms with Crippen molar-refractivity contribution in [3.63, 3.8) is 0 Å². The first kappa shape index (κ1) is 30.0. The number of pyridine rings is 1. The van der Waals surface area contributed by atoms with E-state index in [4.69, 9.17) is 15.9 Å². The number of terminal acetylenes is 1. The molecule has 0 saturated carbocycles. The van der Waals surface area contributed by atoms with Gasteiger partial charge in [-0.2, -0.15) is 0 Å². The van der Waals surface area contributed by atoms with Crippen LogP contribution in [0.2, 0.25) is 0 Å². The van der Waals surface area contributed by atoms with Gasteiger partial charge in [-0.15, -0.1) is 12.3 Å². The van der Waals surface area contributed by atoms with E-state index in [0.29, 0.717) is 19.3 Å². The Morgan fingerprint density at radius 2 is 2.00 bits per heavy atom. The average molecular weight is 526 g/mol. The zero-order valence-corrected chi connectivity index (χ0v) is 23.4. The van der Waals surface area contributed by atoms with Crippen molar-refractivity contribution in [1.29, 1.82) is 0 Å². The number of hydrogen-bond acceptors (Lipinski definition) is 7. The number of esters is 1. The van der Waals surface area contributed by atoms with Crippen LogP contribution in [0.1, 0.15) is 85.3 Å². The zero-order chi connectivity index (χ0) is 28.1. The second kappa shape index (κ2) is 12.5. The minimum absolute atomic E-state index is 0.0770. The van der Waals surface area contributed by atoms with E-state index in [-0.39, 0.29) is 29.8 Å². The number of nitrogens with zero attached hydrogens (tertiary/aromatic N) is 1. The predicted octanol–water partition coefficient (Wildman–Crippen LogP) is 4.50. The van der Waals surface area contributed by atoms with Crippen LogP contribution in [0.4, 0.5) is 0 Å². The lowest BCUT2D eigenvalue weighted by Gasteiger charge is -2.36. The fraction of sp³-hybridized carbons (Fsp3) is 0.645. The van der Waals surface area contributed by atoms with Crippen molar-refractivity contribution in [2.45, 2.75) is 110 Å². The second-order valence-corrected chi connectivity index (χ2v) is 11.8. The van der Waals surface area contributed by atoms with Gasteiger partial charge < -0.3 is 19.7 Å². The largest absolute Gasteiger partial charge is 0.458 e. The number of Topliss-reactive ketones (excluding diaryl/α,β-unsaturated/α-hetero) is 1. The van der Waals surface area contributed by atoms with Crippen LogP contribution in [0, 0.1) is 29.6 Å². The molecular formula is C31H43NO6. The Balaban J connectivity index is 1.89. The Hall–Kier alpha value is -2.53. The number of aliphatic hydroxyl groups excluding tert-OH is 2. The molecule has 0 spiro atoms. The summed E-state index contributed by atoms with van der Waals surface area (Å²) in [7, 11) is 0. The number of epoxide rings is 1. The maximum atomic E-state index is 13.6. The zero-order valence-electron chi connectivity index (χ0n) is 23.4. The standard InChI is InChI=1S/C31H43NO6/c1-7-8-14-23-28(35)20(2)12-11-15-31(6)26(38-31)18-24(21(3)17-22-13-9-10-16-32-22)37-27(34)19-25(33)30(4,5)29(23)36/h1,9-10,13,16-17,20,23-26,28,33,35H,8,11-12,14-15,18-19H2,2-6H3/b21-17+/t20-,23-,24+,25-,26-,28+,31+/m1/s1. The third-order valence-electron chi connectivity index (χ3n) is 8.40. The summed E-state index contributed by atoms with van der Waals surface area (Å²) in [4.78, 5) is 31.1. The lowest BCUT2D eigenvalue weighted by molar-refractivity contribution is -0.154. The number of ether oxygens (including phenoxy) is 2. The molecule has 0 aliphatic carbocycles. The summed E-state index contributed by atoms with van der Waals surface area (Å²) in [6, 6.07) is 5.61. The summed E-state index contributed by atoms with van der Waals surface area (Å²) < 4.78 is 12.0. The molecule has 0 bridgehead atoms. The first-order chi connectivity index (χ1) is 17.9. The summed E-state index contributed by atoms with van der Waals surface area (Å²) in [5.74, 6) is 0.806. The van der Waals surface area contributed by atoms with Gasteiger partial charge >= 0.3 is 5.97 Å². The first-order valence-electron chi connectivity index (χ1n) is 13.7. The van der Waals surface area contributed by atoms with Gasteiger partial charge in [-0.25, -0.2) is 0 Å². The molecule has 208 valence electrons. The summed E-state index contributed by atoms with van der Waals surface area (Å²) >= 11 is 0. The fourth-order valence-corrected chi connectivity index (χ4v) is 5.42. The summed E-state index contributed by atoms with van der Waals surface area (Å²) in [5.41, 5.74) is -0.0302. The lowest BCUT2D eigenvalue weighted by atomic mass is 9.71. The minimum atomic E-state index is -1.28. The molecule has 0 unspecified atom stereocenters. The van der Waals surface area contributed by atoms with E-state index in [1.54, 1.807) is 20.0 Å². The normalized spacial score (nSPS) is 35.1. The molecule has 7 atom stereocenters. The number of ketones is 1. The monoisotopic (exact) mass is 525 g/mol. The molecule has 2 aliphatic heterocycles. The van der Waals surface area contributed by atoms with Gasteiger partial charge in [0.15, 0.2) is 0 Å². The number of aliphatic hydroxyl groups is 2. The molecule has 0 aromatic carbocycles. The van der Waals surface area contributed by atoms with E-state index in [2.05, 4.69) is 17.8 Å². The third kappa shape index (κ3) is 7.31. The van der Waals surface area contributed by atoms with Crippen LogP contribution in [0.5, 0.6) is 0 Å². The van der Waals surface area contributed by atoms with Gasteiger partial charge in [0.2, 0.25) is 0 Å². The Kier molecular flexibility index (Phi) is 9.91. The predicted molar refractivity (Wildman–Crippen MR) is 146 cm³/mol. The van der Waals surface area contributed by atoms with Crippen molar-refractivity contribution in [3.05, 3.63) is 35.7 Å². The SMILES string of the molecule is C#CCC[C@H]1C(=O)C(C)(C)[C@H](O)CC(=O)O[C@H](/C(C)=C/c2ccccn2)C[C@H]2O[C@@]2(C)CCC[C@@H](C)[C@@H]1O. The van der Waals surface area contributed by atoms with Gasteiger partial charge in [-0.05, 0) is 62.8 Å². The molecular weight excluding hydrogens is 482 g/mol. The molecule has 3 rings (SSSR count). The minimum Gasteiger partial charge on any atom is -0.458 e. The van der Waals surface area contributed by atoms with Crippen molar-refractivity contribution >= 4 is 17.8 Å². The summed E-state index contributed by atoms with van der Waals surface area (Å²) in [5, 5.41) is 22.2. The van der Waals surface area contributed by atoms with E-state index in [1.165, 1.54) is 0 Å². The highest BCUT2D eigenvalue weighted by Gasteiger charge is 2.53. The number of hydrogen-bond donors (Lipinski definition) is 2. The molecule has 2 N–H and O–H groups in total. The molecule has 7 heteroatoms. The molecule has 0 radical (unpaired) electrons. The topological polar surface area (TPSA) is 109 Å². The third-order valence-corrected chi connectivity index (χ3v) is 8.40. The van der Waals surface area contributed by atoms with Gasteiger partial charge in [-0.1, -0.05) is 33.3 Å². The van der Waals surface area contributed by atoms with Crippen LogP contribution < -0.4 is 0 Å². The van der Waals surface area contributed by atoms with Crippen LogP contribution in [0.3, 0.4) is 0 Å². The maximum Gasteiger partial charge on any atom is 0.309 e. The Morgan fingerprint density at radius 1 is 1.26 bits per heavy atom. The smallest absolute Gasteiger partial charge is 0.309 e. The Morgan fingerprint density at radius 3 is 2.66 bits per heavy atom. The van der Waals surface area contributed by atoms with Crippen molar-refractivity contribution in [2.75, 3.05) is 0 Å². The summed E-state index contributed by atoms with van der Waals surface area (Å²) in [6.45, 7) is 9.13. The van der Waals surface area contributed by atoms with Crippen molar-refractivity contribution in [2.24, 2.45) is 17.3 Å². The molecule has 1 aromatic heterocycles. The maximum absolute atomic E-state index is 13.6. The van der Waals surface area contributed by atoms with Gasteiger partial charge in [0, 0.05) is 25.0 Å². The Labute approximate surface area is 227 Å². The second-order valence-electron chi connectivity index (χ2n) is 11.8. The van der Waals surface area contributed by atoms with Crippen molar-refractivity contribution in [1.82, 2.24) is 4.98 Å². The van der Waals surface area contributed by atoms with E-state index in [1.807, 2.05) is 38.1 Å². The number of cyclic esters (lactones) is 1. The van der Waals surface area contributed by atoms with Crippen molar-refractivity contribution in [3.8, 4) is 12.3 Å². The highest BCUT2D eigenvalue weighted by Crippen LogP contribution is 2.45. The van der Waals surface area contributed by atoms with Crippen molar-refractivity contribution < 1.29 is 29.3 Å². The molecule has 7 nitrogen and oxygen atoms in total. The lowest BCUT2D eigenvalue weighted by Crippen LogP contribution is -2.46. The summed E-state index contributed by atoms with van der Waals surface area (Å²) in [6.07, 6.45) is 9.40. The van der Waals surface area contributed by atoms with Gasteiger partial charge in [0.25, 0.3) is 0 Å². The van der Waals surface area contributed by atoms with Gasteiger partial charge in [-0.3, -0.25) is 14.6 Å². The highest BCUT2D eigenvalue weighted by molar-refractivity contribution is 5.88. The fourth-order valence-electron chi connectivity index (χ4n) is 5.42. The molecule has 2 aliphatic rings. The van der Waals surface area contributed by atoms with Crippen LogP contribution in [0.15, 0.2) is 30.0 Å². The quantitative estimate of drug-likeness (QED) is 0.338.